The normalized spacial score (nSPS) is 10.3. The fourth-order valence-electron chi connectivity index (χ4n) is 1.65. The van der Waals surface area contributed by atoms with E-state index >= 15 is 0 Å². The van der Waals surface area contributed by atoms with Crippen LogP contribution in [-0.2, 0) is 6.54 Å². The number of amides is 1. The first kappa shape index (κ1) is 13.7. The van der Waals surface area contributed by atoms with Gasteiger partial charge >= 0.3 is 0 Å². The fourth-order valence-corrected chi connectivity index (χ4v) is 2.06. The number of pyridine rings is 1. The van der Waals surface area contributed by atoms with Gasteiger partial charge in [0.15, 0.2) is 0 Å². The highest BCUT2D eigenvalue weighted by Crippen LogP contribution is 2.17. The van der Waals surface area contributed by atoms with Crippen molar-refractivity contribution in [3.63, 3.8) is 0 Å². The highest BCUT2D eigenvalue weighted by atomic mass is 79.9. The van der Waals surface area contributed by atoms with E-state index in [0.717, 1.165) is 16.2 Å². The highest BCUT2D eigenvalue weighted by molar-refractivity contribution is 9.10. The molecule has 3 nitrogen and oxygen atoms in total. The van der Waals surface area contributed by atoms with Gasteiger partial charge in [0, 0.05) is 18.1 Å². The van der Waals surface area contributed by atoms with Gasteiger partial charge in [-0.05, 0) is 23.8 Å². The average Bonchev–Trinajstić information content (AvgIpc) is 2.41. The Bertz CT molecular complexity index is 586. The molecule has 0 unspecified atom stereocenters. The predicted octanol–water partition coefficient (Wildman–Crippen LogP) is 3.26. The lowest BCUT2D eigenvalue weighted by Gasteiger charge is -2.17. The van der Waals surface area contributed by atoms with E-state index in [2.05, 4.69) is 20.9 Å². The summed E-state index contributed by atoms with van der Waals surface area (Å²) in [6.07, 6.45) is 1.04. The van der Waals surface area contributed by atoms with Gasteiger partial charge in [-0.25, -0.2) is 9.37 Å². The van der Waals surface area contributed by atoms with E-state index < -0.39 is 5.82 Å². The van der Waals surface area contributed by atoms with Crippen molar-refractivity contribution >= 4 is 21.8 Å². The topological polar surface area (TPSA) is 33.2 Å². The largest absolute Gasteiger partial charge is 0.336 e. The molecule has 0 aliphatic heterocycles. The Morgan fingerprint density at radius 3 is 2.68 bits per heavy atom. The van der Waals surface area contributed by atoms with Crippen LogP contribution in [0.1, 0.15) is 16.1 Å². The van der Waals surface area contributed by atoms with Crippen molar-refractivity contribution < 1.29 is 9.18 Å². The van der Waals surface area contributed by atoms with E-state index in [9.17, 15) is 9.18 Å². The molecule has 19 heavy (non-hydrogen) atoms. The average molecular weight is 323 g/mol. The van der Waals surface area contributed by atoms with Crippen molar-refractivity contribution in [2.75, 3.05) is 7.05 Å². The van der Waals surface area contributed by atoms with Gasteiger partial charge in [-0.2, -0.15) is 0 Å². The lowest BCUT2D eigenvalue weighted by Crippen LogP contribution is -2.27. The first-order chi connectivity index (χ1) is 9.08. The SMILES string of the molecule is CN(Cc1ccccc1Br)C(=O)c1ccc(F)cn1. The van der Waals surface area contributed by atoms with Crippen molar-refractivity contribution in [1.82, 2.24) is 9.88 Å². The van der Waals surface area contributed by atoms with Crippen LogP contribution in [0, 0.1) is 5.82 Å². The van der Waals surface area contributed by atoms with E-state index in [-0.39, 0.29) is 11.6 Å². The van der Waals surface area contributed by atoms with Crippen LogP contribution < -0.4 is 0 Å². The molecule has 0 atom stereocenters. The summed E-state index contributed by atoms with van der Waals surface area (Å²) < 4.78 is 13.7. The summed E-state index contributed by atoms with van der Waals surface area (Å²) >= 11 is 3.44. The molecule has 5 heteroatoms. The van der Waals surface area contributed by atoms with Gasteiger partial charge in [0.05, 0.1) is 6.20 Å². The number of carbonyl (C=O) groups is 1. The third-order valence-electron chi connectivity index (χ3n) is 2.66. The Kier molecular flexibility index (Phi) is 4.27. The molecule has 1 heterocycles. The van der Waals surface area contributed by atoms with Crippen LogP contribution >= 0.6 is 15.9 Å². The van der Waals surface area contributed by atoms with Crippen LogP contribution in [0.15, 0.2) is 47.1 Å². The number of carbonyl (C=O) groups excluding carboxylic acids is 1. The van der Waals surface area contributed by atoms with E-state index in [0.29, 0.717) is 6.54 Å². The highest BCUT2D eigenvalue weighted by Gasteiger charge is 2.14. The van der Waals surface area contributed by atoms with Gasteiger partial charge in [0.1, 0.15) is 11.5 Å². The molecule has 0 aliphatic carbocycles. The Balaban J connectivity index is 2.12. The second-order valence-electron chi connectivity index (χ2n) is 4.11. The Labute approximate surface area is 119 Å². The fraction of sp³-hybridized carbons (Fsp3) is 0.143. The number of rotatable bonds is 3. The van der Waals surface area contributed by atoms with Crippen LogP contribution in [0.3, 0.4) is 0 Å². The number of halogens is 2. The van der Waals surface area contributed by atoms with Crippen molar-refractivity contribution in [2.24, 2.45) is 0 Å². The van der Waals surface area contributed by atoms with Crippen LogP contribution in [0.4, 0.5) is 4.39 Å². The minimum Gasteiger partial charge on any atom is -0.336 e. The maximum Gasteiger partial charge on any atom is 0.272 e. The lowest BCUT2D eigenvalue weighted by molar-refractivity contribution is 0.0779. The first-order valence-corrected chi connectivity index (χ1v) is 6.47. The number of hydrogen-bond donors (Lipinski definition) is 0. The molecule has 0 aliphatic rings. The molecule has 98 valence electrons. The minimum absolute atomic E-state index is 0.232. The molecule has 1 aromatic carbocycles. The molecule has 0 N–H and O–H groups in total. The monoisotopic (exact) mass is 322 g/mol. The van der Waals surface area contributed by atoms with Gasteiger partial charge < -0.3 is 4.90 Å². The maximum atomic E-state index is 12.8. The molecule has 1 amide bonds. The maximum absolute atomic E-state index is 12.8. The Morgan fingerprint density at radius 2 is 2.05 bits per heavy atom. The van der Waals surface area contributed by atoms with Crippen molar-refractivity contribution in [3.05, 3.63) is 64.1 Å². The standard InChI is InChI=1S/C14H12BrFN2O/c1-18(9-10-4-2-3-5-12(10)15)14(19)13-7-6-11(16)8-17-13/h2-8H,9H2,1H3. The zero-order valence-corrected chi connectivity index (χ0v) is 11.9. The molecule has 0 radical (unpaired) electrons. The molecular weight excluding hydrogens is 311 g/mol. The van der Waals surface area contributed by atoms with Crippen LogP contribution in [0.25, 0.3) is 0 Å². The van der Waals surface area contributed by atoms with Crippen molar-refractivity contribution in [1.29, 1.82) is 0 Å². The summed E-state index contributed by atoms with van der Waals surface area (Å²) in [5, 5.41) is 0. The number of aromatic nitrogens is 1. The van der Waals surface area contributed by atoms with E-state index in [1.807, 2.05) is 24.3 Å². The first-order valence-electron chi connectivity index (χ1n) is 5.68. The van der Waals surface area contributed by atoms with E-state index in [1.165, 1.54) is 12.1 Å². The van der Waals surface area contributed by atoms with Gasteiger partial charge in [-0.1, -0.05) is 34.1 Å². The van der Waals surface area contributed by atoms with Crippen LogP contribution in [0.5, 0.6) is 0 Å². The van der Waals surface area contributed by atoms with E-state index in [4.69, 9.17) is 0 Å². The van der Waals surface area contributed by atoms with Gasteiger partial charge in [0.2, 0.25) is 0 Å². The van der Waals surface area contributed by atoms with Gasteiger partial charge in [-0.3, -0.25) is 4.79 Å². The Morgan fingerprint density at radius 1 is 1.32 bits per heavy atom. The summed E-state index contributed by atoms with van der Waals surface area (Å²) in [6, 6.07) is 10.3. The van der Waals surface area contributed by atoms with Gasteiger partial charge in [0.25, 0.3) is 5.91 Å². The molecule has 2 rings (SSSR count). The summed E-state index contributed by atoms with van der Waals surface area (Å²) in [5.74, 6) is -0.694. The quantitative estimate of drug-likeness (QED) is 0.869. The van der Waals surface area contributed by atoms with E-state index in [1.54, 1.807) is 11.9 Å². The second-order valence-corrected chi connectivity index (χ2v) is 4.97. The molecule has 0 fully saturated rings. The number of hydrogen-bond acceptors (Lipinski definition) is 2. The van der Waals surface area contributed by atoms with Crippen LogP contribution in [-0.4, -0.2) is 22.8 Å². The molecule has 0 saturated heterocycles. The summed E-state index contributed by atoms with van der Waals surface area (Å²) in [6.45, 7) is 0.458. The molecule has 2 aromatic rings. The zero-order chi connectivity index (χ0) is 13.8. The minimum atomic E-state index is -0.454. The number of benzene rings is 1. The third kappa shape index (κ3) is 3.38. The predicted molar refractivity (Wildman–Crippen MR) is 74.1 cm³/mol. The van der Waals surface area contributed by atoms with Gasteiger partial charge in [-0.15, -0.1) is 0 Å². The molecule has 0 saturated carbocycles. The molecule has 1 aromatic heterocycles. The molecular formula is C14H12BrFN2O. The molecule has 0 bridgehead atoms. The smallest absolute Gasteiger partial charge is 0.272 e. The van der Waals surface area contributed by atoms with Crippen LogP contribution in [0.2, 0.25) is 0 Å². The summed E-state index contributed by atoms with van der Waals surface area (Å²) in [5.41, 5.74) is 1.23. The lowest BCUT2D eigenvalue weighted by atomic mass is 10.2. The number of nitrogens with zero attached hydrogens (tertiary/aromatic N) is 2. The van der Waals surface area contributed by atoms with Crippen molar-refractivity contribution in [3.8, 4) is 0 Å². The Hall–Kier alpha value is -1.75. The third-order valence-corrected chi connectivity index (χ3v) is 3.43. The van der Waals surface area contributed by atoms with Crippen molar-refractivity contribution in [2.45, 2.75) is 6.54 Å². The summed E-state index contributed by atoms with van der Waals surface area (Å²) in [4.78, 5) is 17.4. The molecule has 0 spiro atoms. The summed E-state index contributed by atoms with van der Waals surface area (Å²) in [7, 11) is 1.69. The zero-order valence-electron chi connectivity index (χ0n) is 10.3. The second kappa shape index (κ2) is 5.93.